The van der Waals surface area contributed by atoms with Crippen molar-refractivity contribution in [2.75, 3.05) is 4.90 Å². The Morgan fingerprint density at radius 1 is 1.16 bits per heavy atom. The molecule has 0 spiro atoms. The molecule has 0 aliphatic carbocycles. The number of ketones is 1. The molecular weight excluding hydrogens is 411 g/mol. The topological polar surface area (TPSA) is 66.8 Å². The smallest absolute Gasteiger partial charge is 0.503 e. The first kappa shape index (κ1) is 22.4. The molecule has 164 valence electrons. The average Bonchev–Trinajstić information content (AvgIpc) is 2.91. The van der Waals surface area contributed by atoms with Gasteiger partial charge in [0.1, 0.15) is 5.75 Å². The highest BCUT2D eigenvalue weighted by Gasteiger charge is 2.44. The Morgan fingerprint density at radius 2 is 1.84 bits per heavy atom. The second kappa shape index (κ2) is 8.45. The second-order valence-electron chi connectivity index (χ2n) is 7.82. The minimum atomic E-state index is -4.90. The van der Waals surface area contributed by atoms with Crippen LogP contribution in [-0.2, 0) is 9.59 Å². The van der Waals surface area contributed by atoms with Crippen molar-refractivity contribution in [3.8, 4) is 5.75 Å². The van der Waals surface area contributed by atoms with Crippen LogP contribution in [0.5, 0.6) is 5.75 Å². The van der Waals surface area contributed by atoms with E-state index in [0.29, 0.717) is 5.56 Å². The minimum absolute atomic E-state index is 0.0152. The Labute approximate surface area is 177 Å². The molecule has 2 aromatic rings. The third-order valence-corrected chi connectivity index (χ3v) is 4.79. The number of hydrogen-bond acceptors (Lipinski definition) is 4. The van der Waals surface area contributed by atoms with Gasteiger partial charge in [-0.15, -0.1) is 13.2 Å². The van der Waals surface area contributed by atoms with Crippen LogP contribution in [0.25, 0.3) is 0 Å². The molecule has 3 rings (SSSR count). The quantitative estimate of drug-likeness (QED) is 0.662. The summed E-state index contributed by atoms with van der Waals surface area (Å²) < 4.78 is 42.0. The molecule has 5 nitrogen and oxygen atoms in total. The zero-order chi connectivity index (χ0) is 22.9. The molecule has 2 aromatic carbocycles. The summed E-state index contributed by atoms with van der Waals surface area (Å²) in [5.74, 6) is -2.47. The first-order chi connectivity index (χ1) is 14.5. The molecule has 0 bridgehead atoms. The zero-order valence-corrected chi connectivity index (χ0v) is 17.2. The SMILES string of the molecule is Cc1cccc(C2C(C(=O)CC(C)C)=C(O)C(=O)N2c2cccc(OC(F)(F)F)c2)c1. The summed E-state index contributed by atoms with van der Waals surface area (Å²) in [4.78, 5) is 27.0. The molecule has 1 amide bonds. The van der Waals surface area contributed by atoms with Gasteiger partial charge in [-0.3, -0.25) is 14.5 Å². The van der Waals surface area contributed by atoms with Crippen LogP contribution in [0.15, 0.2) is 59.9 Å². The third-order valence-electron chi connectivity index (χ3n) is 4.79. The van der Waals surface area contributed by atoms with Crippen molar-refractivity contribution in [2.45, 2.75) is 39.6 Å². The monoisotopic (exact) mass is 433 g/mol. The van der Waals surface area contributed by atoms with E-state index >= 15 is 0 Å². The van der Waals surface area contributed by atoms with Crippen molar-refractivity contribution in [2.24, 2.45) is 5.92 Å². The van der Waals surface area contributed by atoms with Crippen molar-refractivity contribution in [1.29, 1.82) is 0 Å². The predicted molar refractivity (Wildman–Crippen MR) is 109 cm³/mol. The highest BCUT2D eigenvalue weighted by Crippen LogP contribution is 2.42. The van der Waals surface area contributed by atoms with E-state index in [1.165, 1.54) is 12.1 Å². The molecule has 1 heterocycles. The van der Waals surface area contributed by atoms with E-state index in [1.807, 2.05) is 26.8 Å². The lowest BCUT2D eigenvalue weighted by Gasteiger charge is -2.27. The fraction of sp³-hybridized carbons (Fsp3) is 0.304. The Balaban J connectivity index is 2.12. The minimum Gasteiger partial charge on any atom is -0.503 e. The number of aliphatic hydroxyl groups is 1. The zero-order valence-electron chi connectivity index (χ0n) is 17.2. The molecule has 8 heteroatoms. The van der Waals surface area contributed by atoms with E-state index in [0.717, 1.165) is 22.6 Å². The number of aliphatic hydroxyl groups excluding tert-OH is 1. The number of benzene rings is 2. The highest BCUT2D eigenvalue weighted by molar-refractivity contribution is 6.16. The van der Waals surface area contributed by atoms with Crippen molar-refractivity contribution < 1.29 is 32.6 Å². The van der Waals surface area contributed by atoms with E-state index in [-0.39, 0.29) is 23.6 Å². The summed E-state index contributed by atoms with van der Waals surface area (Å²) >= 11 is 0. The number of nitrogens with zero attached hydrogens (tertiary/aromatic N) is 1. The molecule has 1 aliphatic rings. The van der Waals surface area contributed by atoms with E-state index in [1.54, 1.807) is 18.2 Å². The van der Waals surface area contributed by atoms with E-state index < -0.39 is 35.6 Å². The van der Waals surface area contributed by atoms with Crippen LogP contribution in [0.3, 0.4) is 0 Å². The number of aryl methyl sites for hydroxylation is 1. The average molecular weight is 433 g/mol. The van der Waals surface area contributed by atoms with E-state index in [4.69, 9.17) is 0 Å². The van der Waals surface area contributed by atoms with Gasteiger partial charge in [-0.1, -0.05) is 49.7 Å². The number of anilines is 1. The molecule has 0 saturated carbocycles. The van der Waals surface area contributed by atoms with Crippen LogP contribution in [0.2, 0.25) is 0 Å². The number of halogens is 3. The van der Waals surface area contributed by atoms with Crippen molar-refractivity contribution in [3.05, 3.63) is 71.0 Å². The van der Waals surface area contributed by atoms with E-state index in [9.17, 15) is 27.9 Å². The Bertz CT molecular complexity index is 1040. The second-order valence-corrected chi connectivity index (χ2v) is 7.82. The number of carbonyl (C=O) groups is 2. The van der Waals surface area contributed by atoms with Crippen LogP contribution < -0.4 is 9.64 Å². The highest BCUT2D eigenvalue weighted by atomic mass is 19.4. The maximum atomic E-state index is 13.0. The summed E-state index contributed by atoms with van der Waals surface area (Å²) in [5, 5.41) is 10.6. The Morgan fingerprint density at radius 3 is 2.45 bits per heavy atom. The summed E-state index contributed by atoms with van der Waals surface area (Å²) in [5.41, 5.74) is 1.43. The van der Waals surface area contributed by atoms with Crippen LogP contribution in [0, 0.1) is 12.8 Å². The molecular formula is C23H22F3NO4. The molecule has 1 aliphatic heterocycles. The summed E-state index contributed by atoms with van der Waals surface area (Å²) in [6, 6.07) is 11.0. The molecule has 31 heavy (non-hydrogen) atoms. The molecule has 1 atom stereocenters. The standard InChI is InChI=1S/C23H22F3NO4/c1-13(2)10-18(28)19-20(15-7-4-6-14(3)11-15)27(22(30)21(19)29)16-8-5-9-17(12-16)31-23(24,25)26/h4-9,11-13,20,29H,10H2,1-3H3. The molecule has 0 radical (unpaired) electrons. The van der Waals surface area contributed by atoms with Crippen LogP contribution >= 0.6 is 0 Å². The van der Waals surface area contributed by atoms with Crippen LogP contribution in [-0.4, -0.2) is 23.2 Å². The molecule has 1 N–H and O–H groups in total. The molecule has 0 saturated heterocycles. The van der Waals surface area contributed by atoms with Crippen molar-refractivity contribution in [1.82, 2.24) is 0 Å². The Kier molecular flexibility index (Phi) is 6.10. The van der Waals surface area contributed by atoms with Crippen molar-refractivity contribution in [3.63, 3.8) is 0 Å². The van der Waals surface area contributed by atoms with Gasteiger partial charge in [0.05, 0.1) is 11.6 Å². The predicted octanol–water partition coefficient (Wildman–Crippen LogP) is 5.41. The molecule has 0 fully saturated rings. The largest absolute Gasteiger partial charge is 0.573 e. The fourth-order valence-electron chi connectivity index (χ4n) is 3.62. The first-order valence-corrected chi connectivity index (χ1v) is 9.70. The van der Waals surface area contributed by atoms with Gasteiger partial charge in [-0.25, -0.2) is 0 Å². The lowest BCUT2D eigenvalue weighted by Crippen LogP contribution is -2.31. The summed E-state index contributed by atoms with van der Waals surface area (Å²) in [6.45, 7) is 5.51. The number of amides is 1. The lowest BCUT2D eigenvalue weighted by molar-refractivity contribution is -0.274. The van der Waals surface area contributed by atoms with Gasteiger partial charge in [-0.2, -0.15) is 0 Å². The van der Waals surface area contributed by atoms with Gasteiger partial charge in [0.15, 0.2) is 11.5 Å². The number of rotatable bonds is 6. The van der Waals surface area contributed by atoms with Gasteiger partial charge in [0.25, 0.3) is 5.91 Å². The van der Waals surface area contributed by atoms with Crippen molar-refractivity contribution >= 4 is 17.4 Å². The maximum Gasteiger partial charge on any atom is 0.573 e. The van der Waals surface area contributed by atoms with Crippen LogP contribution in [0.1, 0.15) is 37.4 Å². The van der Waals surface area contributed by atoms with Gasteiger partial charge in [0.2, 0.25) is 0 Å². The molecule has 1 unspecified atom stereocenters. The number of alkyl halides is 3. The van der Waals surface area contributed by atoms with Crippen LogP contribution in [0.4, 0.5) is 18.9 Å². The number of ether oxygens (including phenoxy) is 1. The van der Waals surface area contributed by atoms with Gasteiger partial charge in [0, 0.05) is 18.2 Å². The van der Waals surface area contributed by atoms with Gasteiger partial charge in [-0.05, 0) is 30.5 Å². The van der Waals surface area contributed by atoms with Gasteiger partial charge >= 0.3 is 6.36 Å². The summed E-state index contributed by atoms with van der Waals surface area (Å²) in [6.07, 6.45) is -4.79. The lowest BCUT2D eigenvalue weighted by atomic mass is 9.91. The Hall–Kier alpha value is -3.29. The van der Waals surface area contributed by atoms with E-state index in [2.05, 4.69) is 4.74 Å². The van der Waals surface area contributed by atoms with Gasteiger partial charge < -0.3 is 9.84 Å². The number of carbonyl (C=O) groups excluding carboxylic acids is 2. The normalized spacial score (nSPS) is 16.9. The first-order valence-electron chi connectivity index (χ1n) is 9.70. The molecule has 0 aromatic heterocycles. The maximum absolute atomic E-state index is 13.0. The third kappa shape index (κ3) is 4.90. The summed E-state index contributed by atoms with van der Waals surface area (Å²) in [7, 11) is 0. The number of Topliss-reactive ketones (excluding diaryl/α,β-unsaturated/α-hetero) is 1. The number of hydrogen-bond donors (Lipinski definition) is 1. The fourth-order valence-corrected chi connectivity index (χ4v) is 3.62.